The van der Waals surface area contributed by atoms with Crippen LogP contribution in [0.15, 0.2) is 18.2 Å². The smallest absolute Gasteiger partial charge is 0.339 e. The van der Waals surface area contributed by atoms with Gasteiger partial charge in [0.1, 0.15) is 11.3 Å². The third kappa shape index (κ3) is 3.48. The van der Waals surface area contributed by atoms with Crippen LogP contribution in [0.5, 0.6) is 5.75 Å². The lowest BCUT2D eigenvalue weighted by Crippen LogP contribution is -2.11. The Balaban J connectivity index is 2.90. The zero-order chi connectivity index (χ0) is 12.8. The van der Waals surface area contributed by atoms with E-state index >= 15 is 0 Å². The minimum Gasteiger partial charge on any atom is -0.496 e. The van der Waals surface area contributed by atoms with Gasteiger partial charge in [0.25, 0.3) is 0 Å². The Morgan fingerprint density at radius 3 is 2.65 bits per heavy atom. The molecular formula is C12H15NO4. The van der Waals surface area contributed by atoms with Gasteiger partial charge in [0, 0.05) is 18.2 Å². The highest BCUT2D eigenvalue weighted by Gasteiger charge is 2.11. The minimum absolute atomic E-state index is 0.0704. The molecule has 0 saturated heterocycles. The van der Waals surface area contributed by atoms with Gasteiger partial charge in [0.15, 0.2) is 0 Å². The summed E-state index contributed by atoms with van der Waals surface area (Å²) in [4.78, 5) is 22.2. The van der Waals surface area contributed by atoms with Gasteiger partial charge < -0.3 is 15.2 Å². The van der Waals surface area contributed by atoms with E-state index in [0.29, 0.717) is 12.1 Å². The number of hydrogen-bond donors (Lipinski definition) is 2. The van der Waals surface area contributed by atoms with Crippen LogP contribution in [0.1, 0.15) is 30.1 Å². The van der Waals surface area contributed by atoms with Gasteiger partial charge in [0.05, 0.1) is 7.11 Å². The second-order valence-corrected chi connectivity index (χ2v) is 3.52. The third-order valence-electron chi connectivity index (χ3n) is 2.19. The number of anilines is 1. The molecule has 5 heteroatoms. The lowest BCUT2D eigenvalue weighted by Gasteiger charge is -2.08. The molecule has 0 spiro atoms. The maximum atomic E-state index is 11.4. The number of carbonyl (C=O) groups is 2. The van der Waals surface area contributed by atoms with Crippen LogP contribution >= 0.6 is 0 Å². The van der Waals surface area contributed by atoms with Gasteiger partial charge in [-0.1, -0.05) is 6.92 Å². The number of benzene rings is 1. The normalized spacial score (nSPS) is 9.76. The molecule has 1 amide bonds. The van der Waals surface area contributed by atoms with Gasteiger partial charge in [-0.15, -0.1) is 0 Å². The molecule has 0 aliphatic heterocycles. The van der Waals surface area contributed by atoms with Gasteiger partial charge in [-0.05, 0) is 18.6 Å². The summed E-state index contributed by atoms with van der Waals surface area (Å²) in [6, 6.07) is 4.44. The molecule has 0 fully saturated rings. The maximum absolute atomic E-state index is 11.4. The van der Waals surface area contributed by atoms with E-state index in [0.717, 1.165) is 6.42 Å². The molecule has 0 atom stereocenters. The van der Waals surface area contributed by atoms with Gasteiger partial charge >= 0.3 is 5.97 Å². The molecule has 2 N–H and O–H groups in total. The van der Waals surface area contributed by atoms with Crippen LogP contribution in [0.25, 0.3) is 0 Å². The molecule has 0 radical (unpaired) electrons. The highest BCUT2D eigenvalue weighted by molar-refractivity contribution is 5.94. The molecule has 1 rings (SSSR count). The van der Waals surface area contributed by atoms with Crippen molar-refractivity contribution in [2.45, 2.75) is 19.8 Å². The standard InChI is InChI=1S/C12H15NO4/c1-3-4-11(14)13-8-5-6-9(12(15)16)10(7-8)17-2/h5-7H,3-4H2,1-2H3,(H,13,14)(H,15,16). The summed E-state index contributed by atoms with van der Waals surface area (Å²) in [6.45, 7) is 1.91. The summed E-state index contributed by atoms with van der Waals surface area (Å²) in [6.07, 6.45) is 1.19. The van der Waals surface area contributed by atoms with E-state index in [4.69, 9.17) is 9.84 Å². The fourth-order valence-electron chi connectivity index (χ4n) is 1.40. The van der Waals surface area contributed by atoms with Crippen LogP contribution in [0.4, 0.5) is 5.69 Å². The Hall–Kier alpha value is -2.04. The van der Waals surface area contributed by atoms with Crippen LogP contribution in [0, 0.1) is 0 Å². The number of hydrogen-bond acceptors (Lipinski definition) is 3. The maximum Gasteiger partial charge on any atom is 0.339 e. The number of carboxylic acid groups (broad SMARTS) is 1. The predicted octanol–water partition coefficient (Wildman–Crippen LogP) is 2.13. The van der Waals surface area contributed by atoms with Crippen LogP contribution in [-0.2, 0) is 4.79 Å². The number of ether oxygens (including phenoxy) is 1. The molecular weight excluding hydrogens is 222 g/mol. The van der Waals surface area contributed by atoms with Crippen molar-refractivity contribution in [3.8, 4) is 5.75 Å². The summed E-state index contributed by atoms with van der Waals surface area (Å²) in [5.41, 5.74) is 0.603. The Labute approximate surface area is 99.4 Å². The molecule has 0 aromatic heterocycles. The van der Waals surface area contributed by atoms with E-state index < -0.39 is 5.97 Å². The SMILES string of the molecule is CCCC(=O)Nc1ccc(C(=O)O)c(OC)c1. The van der Waals surface area contributed by atoms with Gasteiger partial charge in [0.2, 0.25) is 5.91 Å². The molecule has 1 aromatic carbocycles. The Morgan fingerprint density at radius 2 is 2.12 bits per heavy atom. The largest absolute Gasteiger partial charge is 0.496 e. The monoisotopic (exact) mass is 237 g/mol. The second kappa shape index (κ2) is 5.89. The fraction of sp³-hybridized carbons (Fsp3) is 0.333. The van der Waals surface area contributed by atoms with Crippen LogP contribution in [-0.4, -0.2) is 24.1 Å². The quantitative estimate of drug-likeness (QED) is 0.822. The number of nitrogens with one attached hydrogen (secondary N) is 1. The Kier molecular flexibility index (Phi) is 4.51. The molecule has 92 valence electrons. The van der Waals surface area contributed by atoms with E-state index in [9.17, 15) is 9.59 Å². The summed E-state index contributed by atoms with van der Waals surface area (Å²) >= 11 is 0. The van der Waals surface area contributed by atoms with Crippen molar-refractivity contribution in [3.63, 3.8) is 0 Å². The number of rotatable bonds is 5. The summed E-state index contributed by atoms with van der Waals surface area (Å²) in [5, 5.41) is 11.6. The van der Waals surface area contributed by atoms with Crippen LogP contribution in [0.2, 0.25) is 0 Å². The summed E-state index contributed by atoms with van der Waals surface area (Å²) < 4.78 is 4.96. The highest BCUT2D eigenvalue weighted by atomic mass is 16.5. The van der Waals surface area contributed by atoms with Crippen molar-refractivity contribution >= 4 is 17.6 Å². The van der Waals surface area contributed by atoms with E-state index in [1.165, 1.54) is 19.2 Å². The average Bonchev–Trinajstić information content (AvgIpc) is 2.28. The van der Waals surface area contributed by atoms with Crippen molar-refractivity contribution in [3.05, 3.63) is 23.8 Å². The Bertz CT molecular complexity index is 429. The molecule has 5 nitrogen and oxygen atoms in total. The van der Waals surface area contributed by atoms with Crippen molar-refractivity contribution in [2.24, 2.45) is 0 Å². The van der Waals surface area contributed by atoms with Gasteiger partial charge in [-0.25, -0.2) is 4.79 Å². The predicted molar refractivity (Wildman–Crippen MR) is 63.5 cm³/mol. The average molecular weight is 237 g/mol. The minimum atomic E-state index is -1.06. The van der Waals surface area contributed by atoms with Gasteiger partial charge in [-0.2, -0.15) is 0 Å². The second-order valence-electron chi connectivity index (χ2n) is 3.52. The number of methoxy groups -OCH3 is 1. The molecule has 0 heterocycles. The topological polar surface area (TPSA) is 75.6 Å². The lowest BCUT2D eigenvalue weighted by atomic mass is 10.1. The first kappa shape index (κ1) is 13.0. The zero-order valence-electron chi connectivity index (χ0n) is 9.82. The molecule has 0 bridgehead atoms. The molecule has 17 heavy (non-hydrogen) atoms. The number of amides is 1. The molecule has 0 aliphatic rings. The number of carbonyl (C=O) groups excluding carboxylic acids is 1. The van der Waals surface area contributed by atoms with E-state index in [-0.39, 0.29) is 17.2 Å². The molecule has 0 aliphatic carbocycles. The zero-order valence-corrected chi connectivity index (χ0v) is 9.82. The third-order valence-corrected chi connectivity index (χ3v) is 2.19. The molecule has 0 unspecified atom stereocenters. The van der Waals surface area contributed by atoms with E-state index in [2.05, 4.69) is 5.32 Å². The van der Waals surface area contributed by atoms with Crippen molar-refractivity contribution in [1.82, 2.24) is 0 Å². The van der Waals surface area contributed by atoms with E-state index in [1.54, 1.807) is 6.07 Å². The van der Waals surface area contributed by atoms with Crippen LogP contribution < -0.4 is 10.1 Å². The highest BCUT2D eigenvalue weighted by Crippen LogP contribution is 2.23. The molecule has 1 aromatic rings. The number of aromatic carboxylic acids is 1. The van der Waals surface area contributed by atoms with Gasteiger partial charge in [-0.3, -0.25) is 4.79 Å². The lowest BCUT2D eigenvalue weighted by molar-refractivity contribution is -0.116. The Morgan fingerprint density at radius 1 is 1.41 bits per heavy atom. The van der Waals surface area contributed by atoms with Crippen molar-refractivity contribution < 1.29 is 19.4 Å². The van der Waals surface area contributed by atoms with Crippen molar-refractivity contribution in [2.75, 3.05) is 12.4 Å². The van der Waals surface area contributed by atoms with Crippen LogP contribution in [0.3, 0.4) is 0 Å². The summed E-state index contributed by atoms with van der Waals surface area (Å²) in [5.74, 6) is -0.933. The first-order valence-electron chi connectivity index (χ1n) is 5.29. The fourth-order valence-corrected chi connectivity index (χ4v) is 1.40. The van der Waals surface area contributed by atoms with Crippen molar-refractivity contribution in [1.29, 1.82) is 0 Å². The first-order chi connectivity index (χ1) is 8.08. The number of carboxylic acids is 1. The first-order valence-corrected chi connectivity index (χ1v) is 5.29. The molecule has 0 saturated carbocycles. The van der Waals surface area contributed by atoms with E-state index in [1.807, 2.05) is 6.92 Å². The summed E-state index contributed by atoms with van der Waals surface area (Å²) in [7, 11) is 1.39.